The van der Waals surface area contributed by atoms with E-state index in [9.17, 15) is 4.79 Å². The van der Waals surface area contributed by atoms with E-state index >= 15 is 0 Å². The molecule has 1 amide bonds. The number of hydrogen-bond acceptors (Lipinski definition) is 3. The van der Waals surface area contributed by atoms with Gasteiger partial charge >= 0.3 is 0 Å². The number of benzene rings is 1. The Bertz CT molecular complexity index is 415. The monoisotopic (exact) mass is 289 g/mol. The first-order chi connectivity index (χ1) is 10.3. The Morgan fingerprint density at radius 1 is 1.24 bits per heavy atom. The fraction of sp³-hybridized carbons (Fsp3) is 0.588. The molecule has 0 aromatic heterocycles. The number of nitrogens with zero attached hydrogens (tertiary/aromatic N) is 1. The van der Waals surface area contributed by atoms with Crippen LogP contribution < -0.4 is 15.5 Å². The quantitative estimate of drug-likeness (QED) is 0.721. The van der Waals surface area contributed by atoms with Crippen LogP contribution in [0.3, 0.4) is 0 Å². The molecule has 0 saturated heterocycles. The highest BCUT2D eigenvalue weighted by Gasteiger charge is 2.16. The van der Waals surface area contributed by atoms with E-state index in [-0.39, 0.29) is 5.91 Å². The molecule has 21 heavy (non-hydrogen) atoms. The first-order valence-electron chi connectivity index (χ1n) is 8.02. The van der Waals surface area contributed by atoms with Crippen molar-refractivity contribution in [3.8, 4) is 0 Å². The fourth-order valence-corrected chi connectivity index (χ4v) is 2.80. The first kappa shape index (κ1) is 15.8. The van der Waals surface area contributed by atoms with Crippen molar-refractivity contribution in [2.75, 3.05) is 31.6 Å². The Morgan fingerprint density at radius 2 is 1.95 bits per heavy atom. The van der Waals surface area contributed by atoms with E-state index in [1.54, 1.807) is 0 Å². The number of nitrogens with one attached hydrogen (secondary N) is 2. The van der Waals surface area contributed by atoms with E-state index in [1.165, 1.54) is 18.5 Å². The smallest absolute Gasteiger partial charge is 0.234 e. The van der Waals surface area contributed by atoms with Crippen LogP contribution in [0.2, 0.25) is 0 Å². The summed E-state index contributed by atoms with van der Waals surface area (Å²) in [4.78, 5) is 14.0. The Balaban J connectivity index is 1.52. The Hall–Kier alpha value is -1.55. The SMILES string of the molecule is CN(CCCNCC(=O)NC1CCCC1)c1ccccc1. The summed E-state index contributed by atoms with van der Waals surface area (Å²) in [5.41, 5.74) is 1.23. The van der Waals surface area contributed by atoms with Gasteiger partial charge in [0.2, 0.25) is 5.91 Å². The van der Waals surface area contributed by atoms with E-state index in [1.807, 2.05) is 6.07 Å². The molecule has 1 aromatic rings. The lowest BCUT2D eigenvalue weighted by atomic mass is 10.2. The van der Waals surface area contributed by atoms with Crippen LogP contribution in [-0.2, 0) is 4.79 Å². The van der Waals surface area contributed by atoms with Crippen LogP contribution in [0.15, 0.2) is 30.3 Å². The molecule has 2 N–H and O–H groups in total. The molecule has 1 aliphatic rings. The van der Waals surface area contributed by atoms with Crippen LogP contribution in [-0.4, -0.2) is 38.6 Å². The van der Waals surface area contributed by atoms with Gasteiger partial charge in [0.1, 0.15) is 0 Å². The Morgan fingerprint density at radius 3 is 2.67 bits per heavy atom. The van der Waals surface area contributed by atoms with Crippen molar-refractivity contribution in [2.24, 2.45) is 0 Å². The van der Waals surface area contributed by atoms with Gasteiger partial charge in [0.25, 0.3) is 0 Å². The zero-order chi connectivity index (χ0) is 14.9. The van der Waals surface area contributed by atoms with Gasteiger partial charge < -0.3 is 15.5 Å². The van der Waals surface area contributed by atoms with E-state index in [0.717, 1.165) is 32.4 Å². The summed E-state index contributed by atoms with van der Waals surface area (Å²) in [6, 6.07) is 10.8. The van der Waals surface area contributed by atoms with E-state index in [0.29, 0.717) is 12.6 Å². The number of amides is 1. The molecule has 1 fully saturated rings. The molecule has 2 rings (SSSR count). The van der Waals surface area contributed by atoms with Crippen molar-refractivity contribution in [1.82, 2.24) is 10.6 Å². The number of anilines is 1. The highest BCUT2D eigenvalue weighted by molar-refractivity contribution is 5.78. The molecule has 0 bridgehead atoms. The summed E-state index contributed by atoms with van der Waals surface area (Å²) in [6.45, 7) is 2.29. The van der Waals surface area contributed by atoms with Gasteiger partial charge in [-0.15, -0.1) is 0 Å². The van der Waals surface area contributed by atoms with Crippen LogP contribution in [0.4, 0.5) is 5.69 Å². The van der Waals surface area contributed by atoms with Crippen molar-refractivity contribution in [3.63, 3.8) is 0 Å². The second-order valence-corrected chi connectivity index (χ2v) is 5.84. The summed E-state index contributed by atoms with van der Waals surface area (Å²) in [5.74, 6) is 0.137. The van der Waals surface area contributed by atoms with Crippen LogP contribution in [0.25, 0.3) is 0 Å². The van der Waals surface area contributed by atoms with Gasteiger partial charge in [-0.3, -0.25) is 4.79 Å². The molecule has 0 heterocycles. The van der Waals surface area contributed by atoms with Crippen molar-refractivity contribution >= 4 is 11.6 Å². The van der Waals surface area contributed by atoms with Gasteiger partial charge in [0.05, 0.1) is 6.54 Å². The van der Waals surface area contributed by atoms with E-state index in [2.05, 4.69) is 46.8 Å². The predicted octanol–water partition coefficient (Wildman–Crippen LogP) is 2.16. The highest BCUT2D eigenvalue weighted by Crippen LogP contribution is 2.17. The van der Waals surface area contributed by atoms with Crippen molar-refractivity contribution in [2.45, 2.75) is 38.1 Å². The third-order valence-corrected chi connectivity index (χ3v) is 4.05. The lowest BCUT2D eigenvalue weighted by Gasteiger charge is -2.19. The number of rotatable bonds is 8. The highest BCUT2D eigenvalue weighted by atomic mass is 16.1. The average molecular weight is 289 g/mol. The molecule has 0 aliphatic heterocycles. The lowest BCUT2D eigenvalue weighted by molar-refractivity contribution is -0.120. The summed E-state index contributed by atoms with van der Waals surface area (Å²) in [6.07, 6.45) is 5.83. The third-order valence-electron chi connectivity index (χ3n) is 4.05. The predicted molar refractivity (Wildman–Crippen MR) is 87.6 cm³/mol. The van der Waals surface area contributed by atoms with Crippen molar-refractivity contribution in [3.05, 3.63) is 30.3 Å². The maximum Gasteiger partial charge on any atom is 0.234 e. The van der Waals surface area contributed by atoms with Gasteiger partial charge in [-0.05, 0) is 37.9 Å². The van der Waals surface area contributed by atoms with E-state index < -0.39 is 0 Å². The number of hydrogen-bond donors (Lipinski definition) is 2. The van der Waals surface area contributed by atoms with Gasteiger partial charge in [0.15, 0.2) is 0 Å². The molecule has 1 aromatic carbocycles. The molecule has 0 radical (unpaired) electrons. The molecule has 1 aliphatic carbocycles. The van der Waals surface area contributed by atoms with Gasteiger partial charge in [-0.25, -0.2) is 0 Å². The summed E-state index contributed by atoms with van der Waals surface area (Å²) < 4.78 is 0. The molecular formula is C17H27N3O. The molecule has 4 nitrogen and oxygen atoms in total. The molecule has 0 spiro atoms. The zero-order valence-corrected chi connectivity index (χ0v) is 13.0. The standard InChI is InChI=1S/C17H27N3O/c1-20(16-10-3-2-4-11-16)13-7-12-18-14-17(21)19-15-8-5-6-9-15/h2-4,10-11,15,18H,5-9,12-14H2,1H3,(H,19,21). The van der Waals surface area contributed by atoms with Gasteiger partial charge in [0, 0.05) is 25.3 Å². The van der Waals surface area contributed by atoms with Crippen molar-refractivity contribution < 1.29 is 4.79 Å². The van der Waals surface area contributed by atoms with Crippen LogP contribution >= 0.6 is 0 Å². The first-order valence-corrected chi connectivity index (χ1v) is 8.02. The second kappa shape index (κ2) is 8.67. The van der Waals surface area contributed by atoms with Crippen LogP contribution in [0.5, 0.6) is 0 Å². The average Bonchev–Trinajstić information content (AvgIpc) is 3.00. The normalized spacial score (nSPS) is 15.1. The summed E-state index contributed by atoms with van der Waals surface area (Å²) in [7, 11) is 2.10. The fourth-order valence-electron chi connectivity index (χ4n) is 2.80. The lowest BCUT2D eigenvalue weighted by Crippen LogP contribution is -2.39. The molecule has 0 unspecified atom stereocenters. The minimum Gasteiger partial charge on any atom is -0.375 e. The molecule has 1 saturated carbocycles. The van der Waals surface area contributed by atoms with E-state index in [4.69, 9.17) is 0 Å². The third kappa shape index (κ3) is 5.76. The molecule has 116 valence electrons. The van der Waals surface area contributed by atoms with Gasteiger partial charge in [-0.1, -0.05) is 31.0 Å². The molecule has 4 heteroatoms. The minimum absolute atomic E-state index is 0.137. The molecule has 0 atom stereocenters. The minimum atomic E-state index is 0.137. The molecular weight excluding hydrogens is 262 g/mol. The zero-order valence-electron chi connectivity index (χ0n) is 13.0. The second-order valence-electron chi connectivity index (χ2n) is 5.84. The Labute approximate surface area is 127 Å². The topological polar surface area (TPSA) is 44.4 Å². The number of carbonyl (C=O) groups is 1. The maximum atomic E-state index is 11.7. The summed E-state index contributed by atoms with van der Waals surface area (Å²) in [5, 5.41) is 6.32. The largest absolute Gasteiger partial charge is 0.375 e. The number of para-hydroxylation sites is 1. The van der Waals surface area contributed by atoms with Crippen LogP contribution in [0, 0.1) is 0 Å². The summed E-state index contributed by atoms with van der Waals surface area (Å²) >= 11 is 0. The maximum absolute atomic E-state index is 11.7. The Kier molecular flexibility index (Phi) is 6.54. The van der Waals surface area contributed by atoms with Crippen molar-refractivity contribution in [1.29, 1.82) is 0 Å². The van der Waals surface area contributed by atoms with Crippen LogP contribution in [0.1, 0.15) is 32.1 Å². The van der Waals surface area contributed by atoms with Gasteiger partial charge in [-0.2, -0.15) is 0 Å². The number of carbonyl (C=O) groups excluding carboxylic acids is 1.